The molecule has 0 rings (SSSR count). The minimum atomic E-state index is -3.09. The van der Waals surface area contributed by atoms with Crippen LogP contribution < -0.4 is 0 Å². The lowest BCUT2D eigenvalue weighted by atomic mass is 10.1. The Morgan fingerprint density at radius 2 is 1.19 bits per heavy atom. The number of carbonyl (C=O) groups excluding carboxylic acids is 2. The minimum absolute atomic E-state index is 0.0124. The molecule has 0 aromatic heterocycles. The van der Waals surface area contributed by atoms with Gasteiger partial charge in [-0.3, -0.25) is 9.59 Å². The smallest absolute Gasteiger partial charge is 0.512 e. The van der Waals surface area contributed by atoms with Gasteiger partial charge in [0.2, 0.25) is 4.78 Å². The lowest BCUT2D eigenvalue weighted by Crippen LogP contribution is -2.69. The van der Waals surface area contributed by atoms with Crippen molar-refractivity contribution in [3.8, 4) is 0 Å². The molecule has 0 aromatic rings. The van der Waals surface area contributed by atoms with Crippen LogP contribution in [0.3, 0.4) is 0 Å². The molecule has 26 heavy (non-hydrogen) atoms. The fourth-order valence-corrected chi connectivity index (χ4v) is 16.1. The summed E-state index contributed by atoms with van der Waals surface area (Å²) < 4.78 is 23.3. The van der Waals surface area contributed by atoms with Gasteiger partial charge in [-0.2, -0.15) is 4.89 Å². The van der Waals surface area contributed by atoms with Crippen molar-refractivity contribution in [3.05, 3.63) is 0 Å². The molecular weight excluding hydrogens is 387 g/mol. The van der Waals surface area contributed by atoms with E-state index in [1.807, 2.05) is 54.6 Å². The van der Waals surface area contributed by atoms with Gasteiger partial charge in [-0.1, -0.05) is 41.5 Å². The fraction of sp³-hybridized carbons (Fsp3) is 0.882. The molecule has 4 unspecified atom stereocenters. The van der Waals surface area contributed by atoms with Crippen LogP contribution in [0.15, 0.2) is 0 Å². The molecule has 0 heterocycles. The quantitative estimate of drug-likeness (QED) is 0.441. The predicted octanol–water partition coefficient (Wildman–Crippen LogP) is 4.90. The minimum Gasteiger partial charge on any atom is -0.519 e. The van der Waals surface area contributed by atoms with Gasteiger partial charge >= 0.3 is 16.3 Å². The van der Waals surface area contributed by atoms with E-state index in [4.69, 9.17) is 8.85 Å². The molecule has 0 aliphatic rings. The second-order valence-corrected chi connectivity index (χ2v) is 19.9. The van der Waals surface area contributed by atoms with Gasteiger partial charge in [0.05, 0.1) is 0 Å². The topological polar surface area (TPSA) is 89.9 Å². The molecule has 0 fully saturated rings. The predicted molar refractivity (Wildman–Crippen MR) is 109 cm³/mol. The maximum Gasteiger partial charge on any atom is 0.512 e. The van der Waals surface area contributed by atoms with E-state index in [2.05, 4.69) is 0 Å². The summed E-state index contributed by atoms with van der Waals surface area (Å²) >= 11 is 0. The number of rotatable bonds is 8. The summed E-state index contributed by atoms with van der Waals surface area (Å²) in [5.74, 6) is -0.844. The molecule has 0 amide bonds. The van der Waals surface area contributed by atoms with Gasteiger partial charge in [0, 0.05) is 18.9 Å². The fourth-order valence-electron chi connectivity index (χ4n) is 3.88. The van der Waals surface area contributed by atoms with Crippen molar-refractivity contribution in [2.45, 2.75) is 96.3 Å². The Bertz CT molecular complexity index is 580. The van der Waals surface area contributed by atoms with E-state index in [-0.39, 0.29) is 11.1 Å². The zero-order valence-corrected chi connectivity index (χ0v) is 21.0. The molecule has 0 bridgehead atoms. The lowest BCUT2D eigenvalue weighted by Gasteiger charge is -2.52. The Morgan fingerprint density at radius 3 is 1.42 bits per heavy atom. The Kier molecular flexibility index (Phi) is 8.03. The molecule has 0 aromatic carbocycles. The van der Waals surface area contributed by atoms with Crippen molar-refractivity contribution in [2.24, 2.45) is 0 Å². The highest BCUT2D eigenvalue weighted by atomic mass is 31.1. The number of carbonyl (C=O) groups is 2. The zero-order chi connectivity index (χ0) is 21.3. The van der Waals surface area contributed by atoms with E-state index in [0.29, 0.717) is 0 Å². The second kappa shape index (κ2) is 8.21. The molecule has 0 saturated heterocycles. The van der Waals surface area contributed by atoms with Crippen LogP contribution in [0.2, 0.25) is 29.2 Å². The van der Waals surface area contributed by atoms with Gasteiger partial charge in [0.15, 0.2) is 0 Å². The molecule has 0 radical (unpaired) electrons. The van der Waals surface area contributed by atoms with Crippen molar-refractivity contribution in [1.82, 2.24) is 0 Å². The van der Waals surface area contributed by atoms with Gasteiger partial charge in [-0.25, -0.2) is 0 Å². The summed E-state index contributed by atoms with van der Waals surface area (Å²) in [6, 6.07) is 0. The molecule has 4 atom stereocenters. The number of hydrogen-bond acceptors (Lipinski definition) is 5. The Labute approximate surface area is 161 Å². The number of hydrogen-bond donors (Lipinski definition) is 1. The van der Waals surface area contributed by atoms with Gasteiger partial charge in [0.25, 0.3) is 20.3 Å². The maximum absolute atomic E-state index is 12.8. The first-order valence-electron chi connectivity index (χ1n) is 8.97. The summed E-state index contributed by atoms with van der Waals surface area (Å²) in [7, 11) is -8.68. The van der Waals surface area contributed by atoms with Crippen LogP contribution in [-0.2, 0) is 23.0 Å². The molecule has 6 nitrogen and oxygen atoms in total. The highest BCUT2D eigenvalue weighted by molar-refractivity contribution is 7.45. The summed E-state index contributed by atoms with van der Waals surface area (Å²) in [6.45, 7) is 19.8. The zero-order valence-electron chi connectivity index (χ0n) is 18.1. The first kappa shape index (κ1) is 25.4. The van der Waals surface area contributed by atoms with E-state index in [1.165, 1.54) is 13.8 Å². The van der Waals surface area contributed by atoms with Crippen LogP contribution in [0.5, 0.6) is 0 Å². The van der Waals surface area contributed by atoms with Crippen LogP contribution >= 0.6 is 8.03 Å². The first-order valence-corrected chi connectivity index (χ1v) is 15.2. The van der Waals surface area contributed by atoms with Crippen LogP contribution in [0.1, 0.15) is 62.3 Å². The van der Waals surface area contributed by atoms with Crippen molar-refractivity contribution in [1.29, 1.82) is 0 Å². The van der Waals surface area contributed by atoms with E-state index in [0.717, 1.165) is 0 Å². The maximum atomic E-state index is 12.8. The molecule has 9 heteroatoms. The SMILES string of the molecule is CC(=O)O[Si](C)(C(C)C)C(C)(C)C(C)([P+](=O)O)[Si](C)(OC(C)=O)C(C)C. The third-order valence-electron chi connectivity index (χ3n) is 6.72. The van der Waals surface area contributed by atoms with Crippen LogP contribution in [0.25, 0.3) is 0 Å². The Balaban J connectivity index is 6.88. The van der Waals surface area contributed by atoms with Crippen molar-refractivity contribution >= 4 is 36.6 Å². The average Bonchev–Trinajstić information content (AvgIpc) is 2.43. The largest absolute Gasteiger partial charge is 0.519 e. The molecule has 0 aliphatic carbocycles. The van der Waals surface area contributed by atoms with Gasteiger partial charge in [-0.05, 0) is 35.7 Å². The first-order chi connectivity index (χ1) is 11.4. The molecule has 0 saturated carbocycles. The van der Waals surface area contributed by atoms with Gasteiger partial charge in [-0.15, -0.1) is 0 Å². The molecular formula is C17H36O6PSi2+. The lowest BCUT2D eigenvalue weighted by molar-refractivity contribution is -0.134. The van der Waals surface area contributed by atoms with E-state index in [1.54, 1.807) is 6.92 Å². The molecule has 0 spiro atoms. The standard InChI is InChI=1S/C17H35O6PSi2/c1-12(2)25(10,22-14(5)18)16(7,8)17(9,24(20)21)26(11,13(3)4)23-15(6)19/h12-13H,1-11H3/p+1. The summed E-state index contributed by atoms with van der Waals surface area (Å²) in [5.41, 5.74) is -0.0806. The van der Waals surface area contributed by atoms with Crippen LogP contribution in [0.4, 0.5) is 0 Å². The average molecular weight is 424 g/mol. The van der Waals surface area contributed by atoms with Crippen LogP contribution in [0, 0.1) is 0 Å². The highest BCUT2D eigenvalue weighted by Gasteiger charge is 2.78. The molecule has 0 aliphatic heterocycles. The van der Waals surface area contributed by atoms with Gasteiger partial charge < -0.3 is 8.85 Å². The summed E-state index contributed by atoms with van der Waals surface area (Å²) in [4.78, 5) is 34.3. The molecule has 1 N–H and O–H groups in total. The normalized spacial score (nSPS) is 20.0. The third-order valence-corrected chi connectivity index (χ3v) is 21.8. The van der Waals surface area contributed by atoms with Crippen molar-refractivity contribution < 1.29 is 27.9 Å². The Morgan fingerprint density at radius 1 is 0.885 bits per heavy atom. The summed E-state index contributed by atoms with van der Waals surface area (Å²) in [6.07, 6.45) is 0. The second-order valence-electron chi connectivity index (χ2n) is 8.68. The monoisotopic (exact) mass is 423 g/mol. The van der Waals surface area contributed by atoms with E-state index < -0.39 is 46.4 Å². The molecule has 152 valence electrons. The summed E-state index contributed by atoms with van der Waals surface area (Å²) in [5, 5.41) is -0.817. The van der Waals surface area contributed by atoms with E-state index in [9.17, 15) is 19.0 Å². The van der Waals surface area contributed by atoms with Crippen LogP contribution in [-0.4, -0.2) is 38.2 Å². The van der Waals surface area contributed by atoms with Crippen molar-refractivity contribution in [3.63, 3.8) is 0 Å². The van der Waals surface area contributed by atoms with Crippen molar-refractivity contribution in [2.75, 3.05) is 0 Å². The van der Waals surface area contributed by atoms with Gasteiger partial charge in [0.1, 0.15) is 0 Å². The third kappa shape index (κ3) is 3.98. The van der Waals surface area contributed by atoms with E-state index >= 15 is 0 Å². The Hall–Kier alpha value is -0.566. The highest BCUT2D eigenvalue weighted by Crippen LogP contribution is 2.66.